The maximum Gasteiger partial charge on any atom is 0.282 e. The zero-order chi connectivity index (χ0) is 17.3. The highest BCUT2D eigenvalue weighted by Gasteiger charge is 2.09. The number of aromatic nitrogens is 4. The van der Waals surface area contributed by atoms with Crippen LogP contribution in [0.2, 0.25) is 0 Å². The standard InChI is InChI=1S/C16H15BrFN5O/c1-10-19-5-6-23(10)14-4-3-11(7-12(14)18)8-20-13-9-21-22(2)16(24)15(13)17/h3-7,9,20H,8H2,1-2H3. The highest BCUT2D eigenvalue weighted by Crippen LogP contribution is 2.20. The quantitative estimate of drug-likeness (QED) is 0.742. The zero-order valence-corrected chi connectivity index (χ0v) is 14.7. The van der Waals surface area contributed by atoms with E-state index < -0.39 is 0 Å². The molecular weight excluding hydrogens is 377 g/mol. The van der Waals surface area contributed by atoms with Crippen LogP contribution in [0, 0.1) is 12.7 Å². The van der Waals surface area contributed by atoms with Gasteiger partial charge in [-0.3, -0.25) is 4.79 Å². The van der Waals surface area contributed by atoms with Crippen LogP contribution in [0.15, 0.2) is 46.1 Å². The molecule has 124 valence electrons. The Balaban J connectivity index is 1.80. The van der Waals surface area contributed by atoms with E-state index in [4.69, 9.17) is 0 Å². The molecule has 24 heavy (non-hydrogen) atoms. The molecule has 0 unspecified atom stereocenters. The number of anilines is 1. The van der Waals surface area contributed by atoms with E-state index >= 15 is 0 Å². The van der Waals surface area contributed by atoms with Crippen molar-refractivity contribution in [3.05, 3.63) is 68.8 Å². The Morgan fingerprint density at radius 1 is 1.38 bits per heavy atom. The lowest BCUT2D eigenvalue weighted by Gasteiger charge is -2.11. The second-order valence-electron chi connectivity index (χ2n) is 5.28. The molecule has 0 amide bonds. The van der Waals surface area contributed by atoms with Gasteiger partial charge in [0.25, 0.3) is 5.56 Å². The molecule has 0 radical (unpaired) electrons. The van der Waals surface area contributed by atoms with E-state index in [1.165, 1.54) is 10.7 Å². The number of hydrogen-bond acceptors (Lipinski definition) is 4. The normalized spacial score (nSPS) is 10.8. The van der Waals surface area contributed by atoms with E-state index in [-0.39, 0.29) is 11.4 Å². The van der Waals surface area contributed by atoms with Crippen LogP contribution in [0.25, 0.3) is 5.69 Å². The summed E-state index contributed by atoms with van der Waals surface area (Å²) in [6.07, 6.45) is 4.89. The molecule has 0 aliphatic rings. The fourth-order valence-corrected chi connectivity index (χ4v) is 2.82. The Labute approximate surface area is 146 Å². The minimum atomic E-state index is -0.337. The third kappa shape index (κ3) is 3.09. The van der Waals surface area contributed by atoms with E-state index in [2.05, 4.69) is 31.3 Å². The largest absolute Gasteiger partial charge is 0.379 e. The first-order valence-corrected chi connectivity index (χ1v) is 8.01. The SMILES string of the molecule is Cc1nccn1-c1ccc(CNc2cnn(C)c(=O)c2Br)cc1F. The zero-order valence-electron chi connectivity index (χ0n) is 13.1. The summed E-state index contributed by atoms with van der Waals surface area (Å²) in [4.78, 5) is 15.9. The Hall–Kier alpha value is -2.48. The van der Waals surface area contributed by atoms with Crippen molar-refractivity contribution in [1.29, 1.82) is 0 Å². The molecule has 0 saturated carbocycles. The van der Waals surface area contributed by atoms with Crippen LogP contribution in [-0.2, 0) is 13.6 Å². The van der Waals surface area contributed by atoms with Crippen LogP contribution in [-0.4, -0.2) is 19.3 Å². The molecule has 0 aliphatic carbocycles. The van der Waals surface area contributed by atoms with E-state index in [0.717, 1.165) is 11.4 Å². The molecule has 1 aromatic carbocycles. The van der Waals surface area contributed by atoms with Crippen LogP contribution in [0.1, 0.15) is 11.4 Å². The van der Waals surface area contributed by atoms with Gasteiger partial charge in [-0.05, 0) is 40.5 Å². The summed E-state index contributed by atoms with van der Waals surface area (Å²) in [7, 11) is 1.57. The minimum absolute atomic E-state index is 0.239. The summed E-state index contributed by atoms with van der Waals surface area (Å²) >= 11 is 3.24. The van der Waals surface area contributed by atoms with Gasteiger partial charge in [-0.1, -0.05) is 6.07 Å². The maximum absolute atomic E-state index is 14.4. The maximum atomic E-state index is 14.4. The summed E-state index contributed by atoms with van der Waals surface area (Å²) in [6, 6.07) is 5.00. The molecule has 0 atom stereocenters. The van der Waals surface area contributed by atoms with Crippen molar-refractivity contribution in [3.63, 3.8) is 0 Å². The fourth-order valence-electron chi connectivity index (χ4n) is 2.32. The lowest BCUT2D eigenvalue weighted by molar-refractivity contribution is 0.614. The highest BCUT2D eigenvalue weighted by molar-refractivity contribution is 9.10. The lowest BCUT2D eigenvalue weighted by atomic mass is 10.2. The van der Waals surface area contributed by atoms with Crippen molar-refractivity contribution in [2.45, 2.75) is 13.5 Å². The van der Waals surface area contributed by atoms with Crippen molar-refractivity contribution in [2.24, 2.45) is 7.05 Å². The number of halogens is 2. The van der Waals surface area contributed by atoms with Crippen LogP contribution >= 0.6 is 15.9 Å². The minimum Gasteiger partial charge on any atom is -0.379 e. The first-order chi connectivity index (χ1) is 11.5. The van der Waals surface area contributed by atoms with E-state index in [0.29, 0.717) is 22.4 Å². The number of imidazole rings is 1. The van der Waals surface area contributed by atoms with Gasteiger partial charge in [0.05, 0.1) is 17.6 Å². The average Bonchev–Trinajstić information content (AvgIpc) is 2.98. The van der Waals surface area contributed by atoms with Gasteiger partial charge in [0.15, 0.2) is 0 Å². The van der Waals surface area contributed by atoms with Crippen LogP contribution in [0.5, 0.6) is 0 Å². The number of aryl methyl sites for hydroxylation is 2. The summed E-state index contributed by atoms with van der Waals surface area (Å²) < 4.78 is 17.7. The Morgan fingerprint density at radius 2 is 2.17 bits per heavy atom. The van der Waals surface area contributed by atoms with E-state index in [1.807, 2.05) is 13.0 Å². The molecule has 0 spiro atoms. The molecule has 6 nitrogen and oxygen atoms in total. The van der Waals surface area contributed by atoms with Gasteiger partial charge >= 0.3 is 0 Å². The molecule has 3 aromatic rings. The van der Waals surface area contributed by atoms with E-state index in [9.17, 15) is 9.18 Å². The van der Waals surface area contributed by atoms with Gasteiger partial charge in [0.2, 0.25) is 0 Å². The molecule has 8 heteroatoms. The Morgan fingerprint density at radius 3 is 2.83 bits per heavy atom. The fraction of sp³-hybridized carbons (Fsp3) is 0.188. The number of nitrogens with one attached hydrogen (secondary N) is 1. The van der Waals surface area contributed by atoms with Gasteiger partial charge in [-0.25, -0.2) is 14.1 Å². The van der Waals surface area contributed by atoms with Crippen molar-refractivity contribution < 1.29 is 4.39 Å². The topological polar surface area (TPSA) is 64.7 Å². The molecule has 0 saturated heterocycles. The third-order valence-electron chi connectivity index (χ3n) is 3.66. The first-order valence-electron chi connectivity index (χ1n) is 7.22. The van der Waals surface area contributed by atoms with Gasteiger partial charge in [-0.15, -0.1) is 0 Å². The highest BCUT2D eigenvalue weighted by atomic mass is 79.9. The molecule has 2 aromatic heterocycles. The smallest absolute Gasteiger partial charge is 0.282 e. The summed E-state index contributed by atoms with van der Waals surface area (Å²) in [5, 5.41) is 7.04. The summed E-state index contributed by atoms with van der Waals surface area (Å²) in [6.45, 7) is 2.18. The van der Waals surface area contributed by atoms with Gasteiger partial charge in [0.1, 0.15) is 16.1 Å². The lowest BCUT2D eigenvalue weighted by Crippen LogP contribution is -2.21. The summed E-state index contributed by atoms with van der Waals surface area (Å²) in [5.41, 5.74) is 1.52. The summed E-state index contributed by atoms with van der Waals surface area (Å²) in [5.74, 6) is 0.381. The second kappa shape index (κ2) is 6.56. The predicted molar refractivity (Wildman–Crippen MR) is 92.8 cm³/mol. The average molecular weight is 392 g/mol. The number of benzene rings is 1. The molecule has 2 heterocycles. The van der Waals surface area contributed by atoms with E-state index in [1.54, 1.807) is 36.3 Å². The van der Waals surface area contributed by atoms with Gasteiger partial charge < -0.3 is 9.88 Å². The number of rotatable bonds is 4. The van der Waals surface area contributed by atoms with Crippen LogP contribution in [0.3, 0.4) is 0 Å². The molecule has 1 N–H and O–H groups in total. The van der Waals surface area contributed by atoms with Gasteiger partial charge in [0, 0.05) is 26.0 Å². The predicted octanol–water partition coefficient (Wildman–Crippen LogP) is 2.79. The molecule has 3 rings (SSSR count). The van der Waals surface area contributed by atoms with Crippen LogP contribution < -0.4 is 10.9 Å². The van der Waals surface area contributed by atoms with Crippen molar-refractivity contribution >= 4 is 21.6 Å². The van der Waals surface area contributed by atoms with Crippen molar-refractivity contribution in [2.75, 3.05) is 5.32 Å². The Bertz CT molecular complexity index is 950. The molecule has 0 fully saturated rings. The Kier molecular flexibility index (Phi) is 4.48. The first kappa shape index (κ1) is 16.4. The number of nitrogens with zero attached hydrogens (tertiary/aromatic N) is 4. The molecule has 0 bridgehead atoms. The molecular formula is C16H15BrFN5O. The molecule has 0 aliphatic heterocycles. The second-order valence-corrected chi connectivity index (χ2v) is 6.08. The van der Waals surface area contributed by atoms with Crippen LogP contribution in [0.4, 0.5) is 10.1 Å². The van der Waals surface area contributed by atoms with Crippen molar-refractivity contribution in [1.82, 2.24) is 19.3 Å². The number of hydrogen-bond donors (Lipinski definition) is 1. The van der Waals surface area contributed by atoms with Gasteiger partial charge in [-0.2, -0.15) is 5.10 Å². The third-order valence-corrected chi connectivity index (χ3v) is 4.42. The monoisotopic (exact) mass is 391 g/mol. The van der Waals surface area contributed by atoms with Crippen molar-refractivity contribution in [3.8, 4) is 5.69 Å².